The van der Waals surface area contributed by atoms with E-state index in [2.05, 4.69) is 21.2 Å². The van der Waals surface area contributed by atoms with Crippen LogP contribution < -0.4 is 5.32 Å². The standard InChI is InChI=1S/C12H16BrNO3S/c1-8(18(2)17)3-4-14-11-6-9(12(15)16)5-10(13)7-11/h5-8,14H,3-4H2,1-2H3,(H,15,16). The number of aromatic carboxylic acids is 1. The first-order valence-electron chi connectivity index (χ1n) is 5.50. The smallest absolute Gasteiger partial charge is 0.335 e. The molecule has 0 aromatic heterocycles. The van der Waals surface area contributed by atoms with Gasteiger partial charge in [-0.25, -0.2) is 4.79 Å². The van der Waals surface area contributed by atoms with Crippen LogP contribution in [0.3, 0.4) is 0 Å². The first-order chi connectivity index (χ1) is 8.40. The third-order valence-electron chi connectivity index (χ3n) is 2.59. The van der Waals surface area contributed by atoms with Crippen molar-refractivity contribution < 1.29 is 14.1 Å². The van der Waals surface area contributed by atoms with E-state index in [0.717, 1.165) is 16.6 Å². The van der Waals surface area contributed by atoms with E-state index in [9.17, 15) is 9.00 Å². The quantitative estimate of drug-likeness (QED) is 0.839. The van der Waals surface area contributed by atoms with Crippen LogP contribution in [0.5, 0.6) is 0 Å². The molecular formula is C12H16BrNO3S. The molecule has 0 amide bonds. The second-order valence-corrected chi connectivity index (χ2v) is 6.78. The average molecular weight is 334 g/mol. The van der Waals surface area contributed by atoms with Crippen LogP contribution in [0.2, 0.25) is 0 Å². The van der Waals surface area contributed by atoms with Gasteiger partial charge in [0.25, 0.3) is 0 Å². The van der Waals surface area contributed by atoms with Crippen molar-refractivity contribution in [2.24, 2.45) is 0 Å². The molecule has 1 rings (SSSR count). The van der Waals surface area contributed by atoms with Gasteiger partial charge < -0.3 is 10.4 Å². The highest BCUT2D eigenvalue weighted by Gasteiger charge is 2.08. The number of carboxylic acid groups (broad SMARTS) is 1. The Morgan fingerprint density at radius 1 is 1.50 bits per heavy atom. The van der Waals surface area contributed by atoms with Gasteiger partial charge in [-0.3, -0.25) is 4.21 Å². The van der Waals surface area contributed by atoms with E-state index in [1.165, 1.54) is 0 Å². The van der Waals surface area contributed by atoms with Crippen molar-refractivity contribution in [1.29, 1.82) is 0 Å². The Balaban J connectivity index is 2.62. The maximum absolute atomic E-state index is 11.2. The van der Waals surface area contributed by atoms with Gasteiger partial charge in [0.1, 0.15) is 0 Å². The zero-order valence-electron chi connectivity index (χ0n) is 10.3. The summed E-state index contributed by atoms with van der Waals surface area (Å²) in [7, 11) is -0.828. The van der Waals surface area contributed by atoms with Crippen LogP contribution in [0.15, 0.2) is 22.7 Å². The lowest BCUT2D eigenvalue weighted by atomic mass is 10.2. The molecule has 0 radical (unpaired) electrons. The molecule has 0 spiro atoms. The molecule has 1 aromatic carbocycles. The number of halogens is 1. The van der Waals surface area contributed by atoms with Crippen molar-refractivity contribution in [3.8, 4) is 0 Å². The van der Waals surface area contributed by atoms with Crippen LogP contribution >= 0.6 is 15.9 Å². The van der Waals surface area contributed by atoms with Gasteiger partial charge in [0.2, 0.25) is 0 Å². The van der Waals surface area contributed by atoms with Crippen LogP contribution in [0, 0.1) is 0 Å². The Labute approximate surface area is 117 Å². The Hall–Kier alpha value is -0.880. The van der Waals surface area contributed by atoms with Crippen molar-refractivity contribution in [3.05, 3.63) is 28.2 Å². The molecule has 0 aliphatic rings. The monoisotopic (exact) mass is 333 g/mol. The summed E-state index contributed by atoms with van der Waals surface area (Å²) in [5.41, 5.74) is 0.981. The summed E-state index contributed by atoms with van der Waals surface area (Å²) < 4.78 is 11.9. The van der Waals surface area contributed by atoms with E-state index in [1.807, 2.05) is 13.0 Å². The molecule has 4 nitrogen and oxygen atoms in total. The molecular weight excluding hydrogens is 318 g/mol. The molecule has 0 saturated heterocycles. The van der Waals surface area contributed by atoms with E-state index in [1.54, 1.807) is 18.4 Å². The summed E-state index contributed by atoms with van der Waals surface area (Å²) in [6.07, 6.45) is 2.46. The van der Waals surface area contributed by atoms with Gasteiger partial charge in [-0.1, -0.05) is 22.9 Å². The molecule has 100 valence electrons. The lowest BCUT2D eigenvalue weighted by molar-refractivity contribution is 0.0697. The van der Waals surface area contributed by atoms with Gasteiger partial charge in [0.15, 0.2) is 0 Å². The molecule has 0 aliphatic carbocycles. The van der Waals surface area contributed by atoms with Gasteiger partial charge in [-0.15, -0.1) is 0 Å². The number of hydrogen-bond donors (Lipinski definition) is 2. The predicted molar refractivity (Wildman–Crippen MR) is 77.7 cm³/mol. The summed E-state index contributed by atoms with van der Waals surface area (Å²) in [6, 6.07) is 4.96. The molecule has 2 atom stereocenters. The molecule has 2 N–H and O–H groups in total. The molecule has 0 heterocycles. The number of rotatable bonds is 6. The lowest BCUT2D eigenvalue weighted by Crippen LogP contribution is -2.15. The topological polar surface area (TPSA) is 66.4 Å². The minimum Gasteiger partial charge on any atom is -0.478 e. The molecule has 1 aromatic rings. The number of hydrogen-bond acceptors (Lipinski definition) is 3. The Kier molecular flexibility index (Phi) is 5.81. The van der Waals surface area contributed by atoms with Gasteiger partial charge >= 0.3 is 5.97 Å². The molecule has 6 heteroatoms. The number of carbonyl (C=O) groups is 1. The SMILES string of the molecule is CC(CCNc1cc(Br)cc(C(=O)O)c1)S(C)=O. The van der Waals surface area contributed by atoms with Crippen LogP contribution in [-0.4, -0.2) is 33.3 Å². The second kappa shape index (κ2) is 6.89. The fourth-order valence-electron chi connectivity index (χ4n) is 1.40. The first-order valence-corrected chi connectivity index (χ1v) is 7.91. The average Bonchev–Trinajstić information content (AvgIpc) is 2.27. The summed E-state index contributed by atoms with van der Waals surface area (Å²) in [5, 5.41) is 12.2. The van der Waals surface area contributed by atoms with Crippen molar-refractivity contribution in [2.45, 2.75) is 18.6 Å². The highest BCUT2D eigenvalue weighted by atomic mass is 79.9. The Morgan fingerprint density at radius 2 is 2.17 bits per heavy atom. The van der Waals surface area contributed by atoms with Crippen molar-refractivity contribution >= 4 is 38.4 Å². The van der Waals surface area contributed by atoms with Gasteiger partial charge in [0.05, 0.1) is 5.56 Å². The third-order valence-corrected chi connectivity index (χ3v) is 4.42. The van der Waals surface area contributed by atoms with E-state index >= 15 is 0 Å². The minimum absolute atomic E-state index is 0.128. The number of nitrogens with one attached hydrogen (secondary N) is 1. The first kappa shape index (κ1) is 15.2. The molecule has 18 heavy (non-hydrogen) atoms. The van der Waals surface area contributed by atoms with E-state index in [4.69, 9.17) is 5.11 Å². The largest absolute Gasteiger partial charge is 0.478 e. The summed E-state index contributed by atoms with van der Waals surface area (Å²) >= 11 is 3.27. The number of benzene rings is 1. The summed E-state index contributed by atoms with van der Waals surface area (Å²) in [6.45, 7) is 2.59. The van der Waals surface area contributed by atoms with Crippen LogP contribution in [-0.2, 0) is 10.8 Å². The fourth-order valence-corrected chi connectivity index (χ4v) is 2.34. The van der Waals surface area contributed by atoms with Gasteiger partial charge in [0, 0.05) is 39.0 Å². The molecule has 0 fully saturated rings. The molecule has 0 saturated carbocycles. The maximum atomic E-state index is 11.2. The molecule has 2 unspecified atom stereocenters. The normalized spacial score (nSPS) is 13.9. The summed E-state index contributed by atoms with van der Waals surface area (Å²) in [5.74, 6) is -0.956. The fraction of sp³-hybridized carbons (Fsp3) is 0.417. The number of anilines is 1. The highest BCUT2D eigenvalue weighted by Crippen LogP contribution is 2.19. The van der Waals surface area contributed by atoms with Crippen molar-refractivity contribution in [1.82, 2.24) is 0 Å². The van der Waals surface area contributed by atoms with E-state index in [-0.39, 0.29) is 10.8 Å². The predicted octanol–water partition coefficient (Wildman–Crippen LogP) is 2.72. The minimum atomic E-state index is -0.956. The van der Waals surface area contributed by atoms with Gasteiger partial charge in [-0.2, -0.15) is 0 Å². The molecule has 0 bridgehead atoms. The van der Waals surface area contributed by atoms with Crippen molar-refractivity contribution in [2.75, 3.05) is 18.1 Å². The van der Waals surface area contributed by atoms with Crippen LogP contribution in [0.1, 0.15) is 23.7 Å². The van der Waals surface area contributed by atoms with E-state index in [0.29, 0.717) is 6.54 Å². The third kappa shape index (κ3) is 4.78. The Bertz CT molecular complexity index is 465. The summed E-state index contributed by atoms with van der Waals surface area (Å²) in [4.78, 5) is 10.9. The van der Waals surface area contributed by atoms with Crippen LogP contribution in [0.25, 0.3) is 0 Å². The second-order valence-electron chi connectivity index (χ2n) is 4.06. The van der Waals surface area contributed by atoms with Crippen LogP contribution in [0.4, 0.5) is 5.69 Å². The van der Waals surface area contributed by atoms with Crippen molar-refractivity contribution in [3.63, 3.8) is 0 Å². The van der Waals surface area contributed by atoms with E-state index < -0.39 is 16.8 Å². The zero-order valence-corrected chi connectivity index (χ0v) is 12.7. The van der Waals surface area contributed by atoms with Gasteiger partial charge in [-0.05, 0) is 24.6 Å². The Morgan fingerprint density at radius 3 is 2.72 bits per heavy atom. The maximum Gasteiger partial charge on any atom is 0.335 e. The highest BCUT2D eigenvalue weighted by molar-refractivity contribution is 9.10. The zero-order chi connectivity index (χ0) is 13.7. The molecule has 0 aliphatic heterocycles. The number of carboxylic acids is 1. The lowest BCUT2D eigenvalue weighted by Gasteiger charge is -2.11.